The van der Waals surface area contributed by atoms with Gasteiger partial charge in [0.25, 0.3) is 0 Å². The van der Waals surface area contributed by atoms with Crippen LogP contribution in [0.2, 0.25) is 0 Å². The molecule has 1 rings (SSSR count). The number of hydrogen-bond acceptors (Lipinski definition) is 3. The van der Waals surface area contributed by atoms with Gasteiger partial charge in [0, 0.05) is 6.54 Å². The van der Waals surface area contributed by atoms with Crippen LogP contribution in [0.5, 0.6) is 0 Å². The number of likely N-dealkylation sites (N-methyl/N-ethyl adjacent to an activating group) is 1. The summed E-state index contributed by atoms with van der Waals surface area (Å²) in [7, 11) is 1.86. The van der Waals surface area contributed by atoms with E-state index in [2.05, 4.69) is 37.1 Å². The Balaban J connectivity index is 2.35. The molecule has 3 nitrogen and oxygen atoms in total. The van der Waals surface area contributed by atoms with Crippen molar-refractivity contribution in [2.24, 2.45) is 11.3 Å². The molecular weight excluding hydrogens is 198 g/mol. The molecule has 0 radical (unpaired) electrons. The van der Waals surface area contributed by atoms with Crippen molar-refractivity contribution in [2.45, 2.75) is 39.7 Å². The van der Waals surface area contributed by atoms with Crippen LogP contribution in [-0.4, -0.2) is 37.6 Å². The maximum atomic E-state index is 8.90. The van der Waals surface area contributed by atoms with Gasteiger partial charge in [-0.15, -0.1) is 0 Å². The van der Waals surface area contributed by atoms with E-state index in [4.69, 9.17) is 5.26 Å². The van der Waals surface area contributed by atoms with E-state index in [-0.39, 0.29) is 6.04 Å². The maximum absolute atomic E-state index is 8.90. The molecular formula is C13H25N3. The predicted octanol–water partition coefficient (Wildman–Crippen LogP) is 1.86. The van der Waals surface area contributed by atoms with Crippen molar-refractivity contribution in [3.8, 4) is 6.07 Å². The summed E-state index contributed by atoms with van der Waals surface area (Å²) in [5.41, 5.74) is 0.434. The molecule has 1 atom stereocenters. The van der Waals surface area contributed by atoms with Gasteiger partial charge < -0.3 is 10.2 Å². The molecule has 1 N–H and O–H groups in total. The molecule has 0 aromatic heterocycles. The first-order valence-corrected chi connectivity index (χ1v) is 6.26. The smallest absolute Gasteiger partial charge is 0.108 e. The van der Waals surface area contributed by atoms with Crippen LogP contribution in [0.1, 0.15) is 33.6 Å². The fourth-order valence-electron chi connectivity index (χ4n) is 2.44. The van der Waals surface area contributed by atoms with Crippen molar-refractivity contribution in [3.05, 3.63) is 0 Å². The van der Waals surface area contributed by atoms with E-state index in [0.717, 1.165) is 25.6 Å². The lowest BCUT2D eigenvalue weighted by atomic mass is 9.75. The van der Waals surface area contributed by atoms with Crippen molar-refractivity contribution >= 4 is 0 Å². The zero-order valence-electron chi connectivity index (χ0n) is 11.1. The molecule has 1 aliphatic heterocycles. The third-order valence-corrected chi connectivity index (χ3v) is 3.76. The van der Waals surface area contributed by atoms with Gasteiger partial charge in [-0.2, -0.15) is 5.26 Å². The third kappa shape index (κ3) is 3.77. The molecule has 0 aliphatic carbocycles. The second-order valence-electron chi connectivity index (χ2n) is 5.91. The molecule has 0 aromatic carbocycles. The zero-order chi connectivity index (χ0) is 12.2. The van der Waals surface area contributed by atoms with Gasteiger partial charge in [-0.25, -0.2) is 0 Å². The highest BCUT2D eigenvalue weighted by Gasteiger charge is 2.29. The average Bonchev–Trinajstić information content (AvgIpc) is 2.25. The number of hydrogen-bond donors (Lipinski definition) is 1. The molecule has 16 heavy (non-hydrogen) atoms. The van der Waals surface area contributed by atoms with Crippen molar-refractivity contribution in [2.75, 3.05) is 26.7 Å². The van der Waals surface area contributed by atoms with E-state index >= 15 is 0 Å². The molecule has 1 unspecified atom stereocenters. The van der Waals surface area contributed by atoms with Crippen LogP contribution < -0.4 is 5.32 Å². The summed E-state index contributed by atoms with van der Waals surface area (Å²) in [6.07, 6.45) is 2.54. The summed E-state index contributed by atoms with van der Waals surface area (Å²) in [5.74, 6) is 0.832. The Morgan fingerprint density at radius 3 is 2.31 bits per heavy atom. The second kappa shape index (κ2) is 5.65. The lowest BCUT2D eigenvalue weighted by Crippen LogP contribution is -2.44. The van der Waals surface area contributed by atoms with Crippen LogP contribution in [0.4, 0.5) is 0 Å². The zero-order valence-corrected chi connectivity index (χ0v) is 11.1. The first kappa shape index (κ1) is 13.5. The van der Waals surface area contributed by atoms with Crippen molar-refractivity contribution in [1.82, 2.24) is 10.2 Å². The normalized spacial score (nSPS) is 21.7. The molecule has 0 amide bonds. The van der Waals surface area contributed by atoms with Gasteiger partial charge in [-0.1, -0.05) is 20.8 Å². The minimum atomic E-state index is -0.0220. The molecule has 0 bridgehead atoms. The monoisotopic (exact) mass is 223 g/mol. The summed E-state index contributed by atoms with van der Waals surface area (Å²) in [6, 6.07) is 2.27. The molecule has 0 aromatic rings. The Kier molecular flexibility index (Phi) is 4.76. The van der Waals surface area contributed by atoms with Crippen LogP contribution in [0, 0.1) is 22.7 Å². The van der Waals surface area contributed by atoms with Gasteiger partial charge in [-0.05, 0) is 44.3 Å². The summed E-state index contributed by atoms with van der Waals surface area (Å²) in [5, 5.41) is 11.9. The number of nitrogens with zero attached hydrogens (tertiary/aromatic N) is 2. The number of likely N-dealkylation sites (tertiary alicyclic amines) is 1. The lowest BCUT2D eigenvalue weighted by molar-refractivity contribution is 0.109. The summed E-state index contributed by atoms with van der Waals surface area (Å²) in [4.78, 5) is 2.41. The number of rotatable bonds is 3. The SMILES string of the molecule is CNC(C#N)CN1CCC(C(C)(C)C)CC1. The highest BCUT2D eigenvalue weighted by molar-refractivity contribution is 4.92. The van der Waals surface area contributed by atoms with Gasteiger partial charge in [0.05, 0.1) is 6.07 Å². The second-order valence-corrected chi connectivity index (χ2v) is 5.91. The third-order valence-electron chi connectivity index (χ3n) is 3.76. The highest BCUT2D eigenvalue weighted by Crippen LogP contribution is 2.34. The van der Waals surface area contributed by atoms with E-state index in [1.807, 2.05) is 7.05 Å². The standard InChI is InChI=1S/C13H25N3/c1-13(2,3)11-5-7-16(8-6-11)10-12(9-14)15-4/h11-12,15H,5-8,10H2,1-4H3. The first-order chi connectivity index (χ1) is 7.47. The molecule has 1 saturated heterocycles. The minimum Gasteiger partial charge on any atom is -0.304 e. The van der Waals surface area contributed by atoms with Crippen LogP contribution in [-0.2, 0) is 0 Å². The number of nitrogens with one attached hydrogen (secondary N) is 1. The number of nitriles is 1. The Morgan fingerprint density at radius 2 is 1.94 bits per heavy atom. The Morgan fingerprint density at radius 1 is 1.38 bits per heavy atom. The predicted molar refractivity (Wildman–Crippen MR) is 67.1 cm³/mol. The highest BCUT2D eigenvalue weighted by atomic mass is 15.1. The summed E-state index contributed by atoms with van der Waals surface area (Å²) in [6.45, 7) is 10.1. The summed E-state index contributed by atoms with van der Waals surface area (Å²) >= 11 is 0. The first-order valence-electron chi connectivity index (χ1n) is 6.26. The average molecular weight is 223 g/mol. The Hall–Kier alpha value is -0.590. The Labute approximate surface area is 99.8 Å². The van der Waals surface area contributed by atoms with Crippen LogP contribution in [0.15, 0.2) is 0 Å². The summed E-state index contributed by atoms with van der Waals surface area (Å²) < 4.78 is 0. The van der Waals surface area contributed by atoms with Crippen molar-refractivity contribution in [1.29, 1.82) is 5.26 Å². The molecule has 0 spiro atoms. The van der Waals surface area contributed by atoms with Gasteiger partial charge >= 0.3 is 0 Å². The van der Waals surface area contributed by atoms with Gasteiger partial charge in [-0.3, -0.25) is 0 Å². The van der Waals surface area contributed by atoms with E-state index < -0.39 is 0 Å². The maximum Gasteiger partial charge on any atom is 0.108 e. The topological polar surface area (TPSA) is 39.1 Å². The van der Waals surface area contributed by atoms with Crippen molar-refractivity contribution < 1.29 is 0 Å². The fourth-order valence-corrected chi connectivity index (χ4v) is 2.44. The van der Waals surface area contributed by atoms with Crippen LogP contribution >= 0.6 is 0 Å². The van der Waals surface area contributed by atoms with E-state index in [0.29, 0.717) is 5.41 Å². The Bertz CT molecular complexity index is 241. The minimum absolute atomic E-state index is 0.0220. The molecule has 1 aliphatic rings. The molecule has 1 fully saturated rings. The van der Waals surface area contributed by atoms with Crippen molar-refractivity contribution in [3.63, 3.8) is 0 Å². The quantitative estimate of drug-likeness (QED) is 0.793. The van der Waals surface area contributed by atoms with E-state index in [1.54, 1.807) is 0 Å². The molecule has 3 heteroatoms. The molecule has 1 heterocycles. The van der Waals surface area contributed by atoms with E-state index in [1.165, 1.54) is 12.8 Å². The lowest BCUT2D eigenvalue weighted by Gasteiger charge is -2.39. The van der Waals surface area contributed by atoms with Gasteiger partial charge in [0.15, 0.2) is 0 Å². The van der Waals surface area contributed by atoms with E-state index in [9.17, 15) is 0 Å². The fraction of sp³-hybridized carbons (Fsp3) is 0.923. The molecule has 0 saturated carbocycles. The molecule has 92 valence electrons. The largest absolute Gasteiger partial charge is 0.304 e. The van der Waals surface area contributed by atoms with Gasteiger partial charge in [0.2, 0.25) is 0 Å². The van der Waals surface area contributed by atoms with Gasteiger partial charge in [0.1, 0.15) is 6.04 Å². The van der Waals surface area contributed by atoms with Crippen LogP contribution in [0.25, 0.3) is 0 Å². The van der Waals surface area contributed by atoms with Crippen LogP contribution in [0.3, 0.4) is 0 Å². The number of piperidine rings is 1.